The third kappa shape index (κ3) is 4.11. The van der Waals surface area contributed by atoms with E-state index in [1.165, 1.54) is 40.7 Å². The smallest absolute Gasteiger partial charge is 0.0839 e. The first-order valence-corrected chi connectivity index (χ1v) is 11.5. The van der Waals surface area contributed by atoms with E-state index in [9.17, 15) is 0 Å². The molecule has 158 valence electrons. The van der Waals surface area contributed by atoms with Crippen LogP contribution in [0.15, 0.2) is 91.1 Å². The maximum absolute atomic E-state index is 2.58. The molecule has 0 aliphatic carbocycles. The molecule has 0 unspecified atom stereocenters. The van der Waals surface area contributed by atoms with Gasteiger partial charge in [0, 0.05) is 38.1 Å². The fraction of sp³-hybridized carbons (Fsp3) is 0.286. The zero-order chi connectivity index (χ0) is 21.0. The van der Waals surface area contributed by atoms with Crippen LogP contribution in [-0.2, 0) is 0 Å². The van der Waals surface area contributed by atoms with Crippen molar-refractivity contribution in [2.75, 3.05) is 37.6 Å². The van der Waals surface area contributed by atoms with Crippen molar-refractivity contribution in [1.29, 1.82) is 0 Å². The molecule has 0 N–H and O–H groups in total. The number of anilines is 1. The molecule has 3 aromatic carbocycles. The third-order valence-corrected chi connectivity index (χ3v) is 6.49. The molecule has 1 fully saturated rings. The lowest BCUT2D eigenvalue weighted by molar-refractivity contribution is 0.258. The predicted octanol–water partition coefficient (Wildman–Crippen LogP) is 5.81. The van der Waals surface area contributed by atoms with Crippen LogP contribution in [0.2, 0.25) is 0 Å². The molecule has 0 spiro atoms. The predicted molar refractivity (Wildman–Crippen MR) is 131 cm³/mol. The topological polar surface area (TPSA) is 11.4 Å². The number of nitrogens with zero attached hydrogens (tertiary/aromatic N) is 3. The van der Waals surface area contributed by atoms with E-state index in [0.29, 0.717) is 0 Å². The molecule has 1 aliphatic heterocycles. The van der Waals surface area contributed by atoms with Gasteiger partial charge in [-0.15, -0.1) is 0 Å². The van der Waals surface area contributed by atoms with E-state index in [2.05, 4.69) is 112 Å². The van der Waals surface area contributed by atoms with Gasteiger partial charge in [-0.25, -0.2) is 0 Å². The standard InChI is InChI=1S/C28H31N3/c1-2-16-29-18-20-30(21-19-29)26-14-13-23-15-17-31(27(23)22-26)28(24-9-5-3-6-10-24)25-11-7-4-8-12-25/h3-15,17,22,28H,2,16,18-21H2,1H3. The number of fused-ring (bicyclic) bond motifs is 1. The summed E-state index contributed by atoms with van der Waals surface area (Å²) in [6, 6.07) is 31.1. The third-order valence-electron chi connectivity index (χ3n) is 6.49. The van der Waals surface area contributed by atoms with Gasteiger partial charge in [-0.1, -0.05) is 73.7 Å². The summed E-state index contributed by atoms with van der Waals surface area (Å²) in [5.74, 6) is 0. The van der Waals surface area contributed by atoms with Gasteiger partial charge in [0.15, 0.2) is 0 Å². The number of hydrogen-bond acceptors (Lipinski definition) is 2. The van der Waals surface area contributed by atoms with Crippen LogP contribution in [-0.4, -0.2) is 42.2 Å². The molecule has 3 heteroatoms. The van der Waals surface area contributed by atoms with Gasteiger partial charge < -0.3 is 9.47 Å². The highest BCUT2D eigenvalue weighted by Gasteiger charge is 2.20. The number of rotatable bonds is 6. The SMILES string of the molecule is CCCN1CCN(c2ccc3ccn(C(c4ccccc4)c4ccccc4)c3c2)CC1. The van der Waals surface area contributed by atoms with E-state index in [-0.39, 0.29) is 6.04 Å². The van der Waals surface area contributed by atoms with Crippen molar-refractivity contribution in [1.82, 2.24) is 9.47 Å². The van der Waals surface area contributed by atoms with Crippen LogP contribution in [0, 0.1) is 0 Å². The summed E-state index contributed by atoms with van der Waals surface area (Å²) in [6.45, 7) is 8.00. The average Bonchev–Trinajstić information content (AvgIpc) is 3.24. The second kappa shape index (κ2) is 8.99. The van der Waals surface area contributed by atoms with Crippen molar-refractivity contribution in [2.45, 2.75) is 19.4 Å². The van der Waals surface area contributed by atoms with Gasteiger partial charge in [-0.3, -0.25) is 4.90 Å². The Kier molecular flexibility index (Phi) is 5.77. The van der Waals surface area contributed by atoms with Crippen LogP contribution >= 0.6 is 0 Å². The average molecular weight is 410 g/mol. The van der Waals surface area contributed by atoms with E-state index >= 15 is 0 Å². The first-order valence-electron chi connectivity index (χ1n) is 11.5. The number of aromatic nitrogens is 1. The molecule has 31 heavy (non-hydrogen) atoms. The molecule has 0 amide bonds. The zero-order valence-corrected chi connectivity index (χ0v) is 18.3. The second-order valence-corrected chi connectivity index (χ2v) is 8.52. The fourth-order valence-electron chi connectivity index (χ4n) is 4.89. The summed E-state index contributed by atoms with van der Waals surface area (Å²) >= 11 is 0. The summed E-state index contributed by atoms with van der Waals surface area (Å²) in [5.41, 5.74) is 5.25. The van der Waals surface area contributed by atoms with Crippen molar-refractivity contribution >= 4 is 16.6 Å². The number of piperazine rings is 1. The summed E-state index contributed by atoms with van der Waals surface area (Å²) < 4.78 is 2.44. The highest BCUT2D eigenvalue weighted by Crippen LogP contribution is 2.32. The molecule has 0 atom stereocenters. The number of benzene rings is 3. The van der Waals surface area contributed by atoms with Crippen LogP contribution in [0.25, 0.3) is 10.9 Å². The Labute approximate surface area is 185 Å². The van der Waals surface area contributed by atoms with Gasteiger partial charge >= 0.3 is 0 Å². The molecule has 2 heterocycles. The Morgan fingerprint density at radius 1 is 0.742 bits per heavy atom. The molecule has 3 nitrogen and oxygen atoms in total. The van der Waals surface area contributed by atoms with E-state index in [0.717, 1.165) is 26.2 Å². The van der Waals surface area contributed by atoms with Crippen LogP contribution in [0.3, 0.4) is 0 Å². The molecule has 0 bridgehead atoms. The minimum atomic E-state index is 0.163. The maximum Gasteiger partial charge on any atom is 0.0839 e. The van der Waals surface area contributed by atoms with Crippen molar-refractivity contribution in [2.24, 2.45) is 0 Å². The van der Waals surface area contributed by atoms with Crippen molar-refractivity contribution < 1.29 is 0 Å². The van der Waals surface area contributed by atoms with Crippen LogP contribution < -0.4 is 4.90 Å². The second-order valence-electron chi connectivity index (χ2n) is 8.52. The molecule has 0 saturated carbocycles. The zero-order valence-electron chi connectivity index (χ0n) is 18.3. The lowest BCUT2D eigenvalue weighted by Gasteiger charge is -2.36. The molecule has 4 aromatic rings. The van der Waals surface area contributed by atoms with Gasteiger partial charge in [-0.2, -0.15) is 0 Å². The molecule has 1 aliphatic rings. The van der Waals surface area contributed by atoms with Gasteiger partial charge in [0.25, 0.3) is 0 Å². The van der Waals surface area contributed by atoms with Crippen molar-refractivity contribution in [3.8, 4) is 0 Å². The molecule has 0 radical (unpaired) electrons. The Morgan fingerprint density at radius 3 is 2.00 bits per heavy atom. The summed E-state index contributed by atoms with van der Waals surface area (Å²) in [6.07, 6.45) is 3.48. The highest BCUT2D eigenvalue weighted by molar-refractivity contribution is 5.84. The Hall–Kier alpha value is -3.04. The molecule has 1 saturated heterocycles. The summed E-state index contributed by atoms with van der Waals surface area (Å²) in [5, 5.41) is 1.30. The van der Waals surface area contributed by atoms with E-state index < -0.39 is 0 Å². The summed E-state index contributed by atoms with van der Waals surface area (Å²) in [4.78, 5) is 5.13. The largest absolute Gasteiger partial charge is 0.369 e. The lowest BCUT2D eigenvalue weighted by atomic mass is 9.98. The van der Waals surface area contributed by atoms with Crippen LogP contribution in [0.1, 0.15) is 30.5 Å². The Balaban J connectivity index is 1.52. The van der Waals surface area contributed by atoms with Crippen LogP contribution in [0.4, 0.5) is 5.69 Å². The Bertz CT molecular complexity index is 1070. The highest BCUT2D eigenvalue weighted by atomic mass is 15.3. The molecular weight excluding hydrogens is 378 g/mol. The minimum absolute atomic E-state index is 0.163. The van der Waals surface area contributed by atoms with Crippen molar-refractivity contribution in [3.05, 3.63) is 102 Å². The van der Waals surface area contributed by atoms with Gasteiger partial charge in [0.1, 0.15) is 0 Å². The molecule has 1 aromatic heterocycles. The normalized spacial score (nSPS) is 15.1. The van der Waals surface area contributed by atoms with Crippen molar-refractivity contribution in [3.63, 3.8) is 0 Å². The quantitative estimate of drug-likeness (QED) is 0.398. The van der Waals surface area contributed by atoms with Gasteiger partial charge in [0.05, 0.1) is 11.6 Å². The fourth-order valence-corrected chi connectivity index (χ4v) is 4.89. The number of hydrogen-bond donors (Lipinski definition) is 0. The first-order chi connectivity index (χ1) is 15.3. The molecular formula is C28H31N3. The van der Waals surface area contributed by atoms with E-state index in [4.69, 9.17) is 0 Å². The minimum Gasteiger partial charge on any atom is -0.369 e. The van der Waals surface area contributed by atoms with E-state index in [1.807, 2.05) is 0 Å². The first kappa shape index (κ1) is 19.9. The maximum atomic E-state index is 2.58. The molecule has 5 rings (SSSR count). The van der Waals surface area contributed by atoms with Crippen LogP contribution in [0.5, 0.6) is 0 Å². The van der Waals surface area contributed by atoms with Gasteiger partial charge in [-0.05, 0) is 47.7 Å². The monoisotopic (exact) mass is 409 g/mol. The summed E-state index contributed by atoms with van der Waals surface area (Å²) in [7, 11) is 0. The van der Waals surface area contributed by atoms with Gasteiger partial charge in [0.2, 0.25) is 0 Å². The van der Waals surface area contributed by atoms with E-state index in [1.54, 1.807) is 0 Å². The lowest BCUT2D eigenvalue weighted by Crippen LogP contribution is -2.46. The Morgan fingerprint density at radius 2 is 1.39 bits per heavy atom.